The molecule has 0 amide bonds. The summed E-state index contributed by atoms with van der Waals surface area (Å²) in [6, 6.07) is 12.6. The molecule has 0 saturated carbocycles. The van der Waals surface area contributed by atoms with E-state index in [4.69, 9.17) is 0 Å². The van der Waals surface area contributed by atoms with E-state index in [1.807, 2.05) is 0 Å². The quantitative estimate of drug-likeness (QED) is 0.437. The van der Waals surface area contributed by atoms with Gasteiger partial charge in [-0.2, -0.15) is 0 Å². The lowest BCUT2D eigenvalue weighted by molar-refractivity contribution is 0.102. The van der Waals surface area contributed by atoms with Gasteiger partial charge in [-0.25, -0.2) is 0 Å². The molecule has 2 heterocycles. The summed E-state index contributed by atoms with van der Waals surface area (Å²) in [7, 11) is 0. The van der Waals surface area contributed by atoms with Crippen LogP contribution in [0.15, 0.2) is 36.4 Å². The number of hydrogen-bond donors (Lipinski definition) is 2. The third-order valence-corrected chi connectivity index (χ3v) is 4.93. The summed E-state index contributed by atoms with van der Waals surface area (Å²) in [6.45, 7) is 4.17. The highest BCUT2D eigenvalue weighted by Gasteiger charge is 2.29. The van der Waals surface area contributed by atoms with E-state index in [9.17, 15) is 4.79 Å². The molecule has 0 spiro atoms. The number of ketones is 1. The van der Waals surface area contributed by atoms with Crippen molar-refractivity contribution >= 4 is 27.6 Å². The number of carbonyl (C=O) groups is 1. The minimum absolute atomic E-state index is 0.0731. The first kappa shape index (κ1) is 12.7. The molecule has 1 aliphatic carbocycles. The molecule has 0 aliphatic heterocycles. The molecule has 5 rings (SSSR count). The summed E-state index contributed by atoms with van der Waals surface area (Å²) in [4.78, 5) is 19.6. The number of fused-ring (bicyclic) bond motifs is 6. The second-order valence-corrected chi connectivity index (χ2v) is 6.56. The Hall–Kier alpha value is -2.81. The van der Waals surface area contributed by atoms with E-state index < -0.39 is 0 Å². The molecule has 0 atom stereocenters. The fourth-order valence-corrected chi connectivity index (χ4v) is 3.78. The fraction of sp³-hybridized carbons (Fsp3) is 0.150. The monoisotopic (exact) mass is 300 g/mol. The van der Waals surface area contributed by atoms with Gasteiger partial charge in [-0.3, -0.25) is 4.79 Å². The molecule has 0 unspecified atom stereocenters. The number of aryl methyl sites for hydroxylation is 2. The van der Waals surface area contributed by atoms with E-state index in [0.29, 0.717) is 0 Å². The Morgan fingerprint density at radius 1 is 0.783 bits per heavy atom. The number of aromatic amines is 2. The van der Waals surface area contributed by atoms with E-state index in [-0.39, 0.29) is 5.78 Å². The van der Waals surface area contributed by atoms with Gasteiger partial charge in [0.2, 0.25) is 5.78 Å². The highest BCUT2D eigenvalue weighted by atomic mass is 16.1. The van der Waals surface area contributed by atoms with Crippen LogP contribution < -0.4 is 0 Å². The zero-order valence-corrected chi connectivity index (χ0v) is 13.1. The molecule has 0 bridgehead atoms. The van der Waals surface area contributed by atoms with Crippen molar-refractivity contribution in [2.45, 2.75) is 20.3 Å². The van der Waals surface area contributed by atoms with Gasteiger partial charge in [0, 0.05) is 28.2 Å². The average Bonchev–Trinajstić information content (AvgIpc) is 3.07. The van der Waals surface area contributed by atoms with Crippen LogP contribution in [0.25, 0.3) is 21.8 Å². The maximum absolute atomic E-state index is 13.0. The van der Waals surface area contributed by atoms with E-state index in [2.05, 4.69) is 60.2 Å². The van der Waals surface area contributed by atoms with Gasteiger partial charge in [-0.1, -0.05) is 23.3 Å². The lowest BCUT2D eigenvalue weighted by Crippen LogP contribution is -2.13. The summed E-state index contributed by atoms with van der Waals surface area (Å²) >= 11 is 0. The van der Waals surface area contributed by atoms with Crippen LogP contribution in [0.5, 0.6) is 0 Å². The van der Waals surface area contributed by atoms with Gasteiger partial charge in [0.15, 0.2) is 0 Å². The second-order valence-electron chi connectivity index (χ2n) is 6.56. The highest BCUT2D eigenvalue weighted by Crippen LogP contribution is 2.36. The van der Waals surface area contributed by atoms with Crippen molar-refractivity contribution < 1.29 is 4.79 Å². The molecule has 1 aliphatic rings. The third kappa shape index (κ3) is 1.62. The number of nitrogens with one attached hydrogen (secondary N) is 2. The van der Waals surface area contributed by atoms with Gasteiger partial charge in [0.05, 0.1) is 11.4 Å². The SMILES string of the molecule is Cc1ccc2[nH]c3c(c2c1)Cc1c([nH]c2ccc(C)cc12)C3=O. The van der Waals surface area contributed by atoms with Gasteiger partial charge < -0.3 is 9.97 Å². The average molecular weight is 300 g/mol. The van der Waals surface area contributed by atoms with Gasteiger partial charge in [-0.15, -0.1) is 0 Å². The standard InChI is InChI=1S/C20H16N2O/c1-10-3-5-16-12(7-10)14-9-15-13-8-11(2)4-6-17(13)22-19(15)20(23)18(14)21-16/h3-8,21-22H,9H2,1-2H3. The Morgan fingerprint density at radius 3 is 1.74 bits per heavy atom. The van der Waals surface area contributed by atoms with Crippen molar-refractivity contribution in [3.05, 3.63) is 70.0 Å². The molecule has 2 aromatic carbocycles. The summed E-state index contributed by atoms with van der Waals surface area (Å²) in [6.07, 6.45) is 0.795. The van der Waals surface area contributed by atoms with Crippen LogP contribution in [0.3, 0.4) is 0 Å². The van der Waals surface area contributed by atoms with Crippen LogP contribution in [0.1, 0.15) is 38.4 Å². The van der Waals surface area contributed by atoms with Crippen molar-refractivity contribution in [1.29, 1.82) is 0 Å². The Kier molecular flexibility index (Phi) is 2.28. The smallest absolute Gasteiger partial charge is 0.225 e. The summed E-state index contributed by atoms with van der Waals surface area (Å²) in [5.74, 6) is 0.0731. The molecule has 112 valence electrons. The molecule has 2 aromatic heterocycles. The number of aromatic nitrogens is 2. The molecule has 23 heavy (non-hydrogen) atoms. The summed E-state index contributed by atoms with van der Waals surface area (Å²) in [5.41, 5.74) is 8.24. The molecule has 3 heteroatoms. The van der Waals surface area contributed by atoms with Crippen LogP contribution in [0, 0.1) is 13.8 Å². The normalized spacial score (nSPS) is 13.6. The van der Waals surface area contributed by atoms with Crippen molar-refractivity contribution in [2.75, 3.05) is 0 Å². The zero-order valence-electron chi connectivity index (χ0n) is 13.1. The molecule has 0 saturated heterocycles. The summed E-state index contributed by atoms with van der Waals surface area (Å²) in [5, 5.41) is 2.34. The van der Waals surface area contributed by atoms with Gasteiger partial charge in [0.1, 0.15) is 0 Å². The number of benzene rings is 2. The molecular weight excluding hydrogens is 284 g/mol. The minimum Gasteiger partial charge on any atom is -0.352 e. The number of rotatable bonds is 0. The van der Waals surface area contributed by atoms with Crippen molar-refractivity contribution in [3.63, 3.8) is 0 Å². The topological polar surface area (TPSA) is 48.6 Å². The second kappa shape index (κ2) is 4.13. The zero-order chi connectivity index (χ0) is 15.7. The number of H-pyrrole nitrogens is 2. The van der Waals surface area contributed by atoms with Crippen LogP contribution in [-0.4, -0.2) is 15.8 Å². The number of carbonyl (C=O) groups excluding carboxylic acids is 1. The van der Waals surface area contributed by atoms with E-state index in [1.165, 1.54) is 21.9 Å². The maximum Gasteiger partial charge on any atom is 0.225 e. The van der Waals surface area contributed by atoms with Gasteiger partial charge in [0.25, 0.3) is 0 Å². The third-order valence-electron chi connectivity index (χ3n) is 4.93. The summed E-state index contributed by atoms with van der Waals surface area (Å²) < 4.78 is 0. The van der Waals surface area contributed by atoms with Crippen LogP contribution in [0.4, 0.5) is 0 Å². The van der Waals surface area contributed by atoms with Crippen molar-refractivity contribution in [2.24, 2.45) is 0 Å². The van der Waals surface area contributed by atoms with Crippen molar-refractivity contribution in [1.82, 2.24) is 9.97 Å². The predicted molar refractivity (Wildman–Crippen MR) is 92.3 cm³/mol. The highest BCUT2D eigenvalue weighted by molar-refractivity contribution is 6.16. The first-order valence-corrected chi connectivity index (χ1v) is 7.89. The number of hydrogen-bond acceptors (Lipinski definition) is 1. The van der Waals surface area contributed by atoms with Crippen LogP contribution >= 0.6 is 0 Å². The molecular formula is C20H16N2O. The van der Waals surface area contributed by atoms with Gasteiger partial charge >= 0.3 is 0 Å². The fourth-order valence-electron chi connectivity index (χ4n) is 3.78. The molecule has 0 radical (unpaired) electrons. The lowest BCUT2D eigenvalue weighted by Gasteiger charge is -2.12. The first-order valence-electron chi connectivity index (χ1n) is 7.89. The lowest BCUT2D eigenvalue weighted by atomic mass is 9.90. The van der Waals surface area contributed by atoms with E-state index in [1.54, 1.807) is 0 Å². The Morgan fingerprint density at radius 2 is 1.26 bits per heavy atom. The Bertz CT molecular complexity index is 1040. The maximum atomic E-state index is 13.0. The molecule has 3 nitrogen and oxygen atoms in total. The van der Waals surface area contributed by atoms with Gasteiger partial charge in [-0.05, 0) is 49.2 Å². The minimum atomic E-state index is 0.0731. The first-order chi connectivity index (χ1) is 11.1. The van der Waals surface area contributed by atoms with E-state index in [0.717, 1.165) is 40.0 Å². The predicted octanol–water partition coefficient (Wildman–Crippen LogP) is 4.40. The molecule has 4 aromatic rings. The van der Waals surface area contributed by atoms with E-state index >= 15 is 0 Å². The largest absolute Gasteiger partial charge is 0.352 e. The van der Waals surface area contributed by atoms with Crippen LogP contribution in [0.2, 0.25) is 0 Å². The van der Waals surface area contributed by atoms with Crippen LogP contribution in [-0.2, 0) is 6.42 Å². The Balaban J connectivity index is 1.83. The molecule has 0 fully saturated rings. The molecule has 2 N–H and O–H groups in total. The van der Waals surface area contributed by atoms with Crippen molar-refractivity contribution in [3.8, 4) is 0 Å². The Labute approximate surface area is 133 Å².